The summed E-state index contributed by atoms with van der Waals surface area (Å²) < 4.78 is 5.17. The van der Waals surface area contributed by atoms with Gasteiger partial charge in [-0.25, -0.2) is 4.79 Å². The Balaban J connectivity index is 1.86. The molecule has 0 aliphatic heterocycles. The monoisotopic (exact) mass is 354 g/mol. The Morgan fingerprint density at radius 1 is 1.00 bits per heavy atom. The minimum atomic E-state index is -0.467. The van der Waals surface area contributed by atoms with Crippen molar-refractivity contribution in [2.75, 3.05) is 25.6 Å². The van der Waals surface area contributed by atoms with E-state index in [0.717, 1.165) is 27.9 Å². The van der Waals surface area contributed by atoms with E-state index in [1.165, 1.54) is 0 Å². The minimum Gasteiger partial charge on any atom is -0.452 e. The first-order valence-corrected chi connectivity index (χ1v) is 8.56. The van der Waals surface area contributed by atoms with Crippen LogP contribution in [0.15, 0.2) is 36.4 Å². The minimum absolute atomic E-state index is 0.290. The van der Waals surface area contributed by atoms with E-state index in [-0.39, 0.29) is 12.5 Å². The molecule has 0 fully saturated rings. The molecule has 0 aliphatic carbocycles. The molecule has 5 heteroatoms. The van der Waals surface area contributed by atoms with Gasteiger partial charge in [-0.15, -0.1) is 0 Å². The molecule has 0 bridgehead atoms. The summed E-state index contributed by atoms with van der Waals surface area (Å²) in [6, 6.07) is 11.8. The van der Waals surface area contributed by atoms with Crippen LogP contribution in [0.3, 0.4) is 0 Å². The third-order valence-corrected chi connectivity index (χ3v) is 4.16. The number of esters is 1. The Kier molecular flexibility index (Phi) is 6.39. The fraction of sp³-hybridized carbons (Fsp3) is 0.333. The summed E-state index contributed by atoms with van der Waals surface area (Å²) in [4.78, 5) is 26.2. The zero-order valence-corrected chi connectivity index (χ0v) is 16.1. The van der Waals surface area contributed by atoms with Crippen molar-refractivity contribution in [3.8, 4) is 0 Å². The zero-order chi connectivity index (χ0) is 19.3. The normalized spacial score (nSPS) is 10.3. The molecule has 0 atom stereocenters. The van der Waals surface area contributed by atoms with E-state index in [0.29, 0.717) is 12.1 Å². The van der Waals surface area contributed by atoms with Gasteiger partial charge in [0, 0.05) is 26.3 Å². The molecule has 0 saturated heterocycles. The van der Waals surface area contributed by atoms with Crippen LogP contribution in [-0.4, -0.2) is 32.6 Å². The van der Waals surface area contributed by atoms with Crippen LogP contribution >= 0.6 is 0 Å². The Hall–Kier alpha value is -2.82. The lowest BCUT2D eigenvalue weighted by Gasteiger charge is -2.13. The second kappa shape index (κ2) is 8.52. The Morgan fingerprint density at radius 3 is 2.12 bits per heavy atom. The first kappa shape index (κ1) is 19.5. The number of rotatable bonds is 6. The van der Waals surface area contributed by atoms with Crippen molar-refractivity contribution >= 4 is 17.6 Å². The number of nitrogens with zero attached hydrogens (tertiary/aromatic N) is 1. The summed E-state index contributed by atoms with van der Waals surface area (Å²) in [6.45, 7) is 5.82. The van der Waals surface area contributed by atoms with Crippen LogP contribution in [0.1, 0.15) is 32.6 Å². The predicted molar refractivity (Wildman–Crippen MR) is 104 cm³/mol. The van der Waals surface area contributed by atoms with Crippen molar-refractivity contribution in [2.24, 2.45) is 0 Å². The van der Waals surface area contributed by atoms with Crippen molar-refractivity contribution < 1.29 is 14.3 Å². The maximum Gasteiger partial charge on any atom is 0.339 e. The number of ether oxygens (including phenoxy) is 1. The number of hydrogen-bond donors (Lipinski definition) is 1. The van der Waals surface area contributed by atoms with E-state index in [9.17, 15) is 9.59 Å². The quantitative estimate of drug-likeness (QED) is 0.810. The molecule has 0 spiro atoms. The molecule has 0 unspecified atom stereocenters. The second-order valence-electron chi connectivity index (χ2n) is 6.69. The van der Waals surface area contributed by atoms with Crippen molar-refractivity contribution in [3.63, 3.8) is 0 Å². The second-order valence-corrected chi connectivity index (χ2v) is 6.69. The van der Waals surface area contributed by atoms with Gasteiger partial charge in [-0.05, 0) is 49.6 Å². The van der Waals surface area contributed by atoms with Crippen LogP contribution in [0.5, 0.6) is 0 Å². The third kappa shape index (κ3) is 5.09. The van der Waals surface area contributed by atoms with E-state index < -0.39 is 5.97 Å². The van der Waals surface area contributed by atoms with Crippen LogP contribution in [0.4, 0.5) is 5.69 Å². The molecular weight excluding hydrogens is 328 g/mol. The molecule has 0 saturated carbocycles. The van der Waals surface area contributed by atoms with Crippen LogP contribution in [0.2, 0.25) is 0 Å². The molecule has 1 amide bonds. The summed E-state index contributed by atoms with van der Waals surface area (Å²) >= 11 is 0. The molecule has 0 heterocycles. The molecule has 2 rings (SSSR count). The maximum atomic E-state index is 12.3. The van der Waals surface area contributed by atoms with Crippen LogP contribution < -0.4 is 10.2 Å². The standard InChI is InChI=1S/C21H26N2O3/c1-14-10-15(2)20(16(3)11-14)21(25)26-13-19(24)22-12-17-6-8-18(9-7-17)23(4)5/h6-11H,12-13H2,1-5H3,(H,22,24). The zero-order valence-electron chi connectivity index (χ0n) is 16.1. The summed E-state index contributed by atoms with van der Waals surface area (Å²) in [5.74, 6) is -0.789. The fourth-order valence-electron chi connectivity index (χ4n) is 2.87. The fourth-order valence-corrected chi connectivity index (χ4v) is 2.87. The molecule has 0 aromatic heterocycles. The first-order chi connectivity index (χ1) is 12.3. The van der Waals surface area contributed by atoms with Gasteiger partial charge in [0.05, 0.1) is 5.56 Å². The van der Waals surface area contributed by atoms with Gasteiger partial charge in [-0.1, -0.05) is 29.8 Å². The highest BCUT2D eigenvalue weighted by Crippen LogP contribution is 2.17. The Labute approximate surface area is 155 Å². The number of anilines is 1. The molecule has 0 radical (unpaired) electrons. The van der Waals surface area contributed by atoms with E-state index >= 15 is 0 Å². The van der Waals surface area contributed by atoms with Crippen molar-refractivity contribution in [1.82, 2.24) is 5.32 Å². The smallest absolute Gasteiger partial charge is 0.339 e. The third-order valence-electron chi connectivity index (χ3n) is 4.16. The van der Waals surface area contributed by atoms with E-state index in [1.807, 2.05) is 76.2 Å². The average molecular weight is 354 g/mol. The first-order valence-electron chi connectivity index (χ1n) is 8.56. The Morgan fingerprint density at radius 2 is 1.58 bits per heavy atom. The van der Waals surface area contributed by atoms with Gasteiger partial charge in [0.1, 0.15) is 0 Å². The summed E-state index contributed by atoms with van der Waals surface area (Å²) in [7, 11) is 3.95. The number of benzene rings is 2. The number of hydrogen-bond acceptors (Lipinski definition) is 4. The lowest BCUT2D eigenvalue weighted by Crippen LogP contribution is -2.28. The van der Waals surface area contributed by atoms with Gasteiger partial charge in [-0.2, -0.15) is 0 Å². The van der Waals surface area contributed by atoms with Gasteiger partial charge in [-0.3, -0.25) is 4.79 Å². The molecule has 1 N–H and O–H groups in total. The van der Waals surface area contributed by atoms with Gasteiger partial charge >= 0.3 is 5.97 Å². The van der Waals surface area contributed by atoms with Crippen molar-refractivity contribution in [2.45, 2.75) is 27.3 Å². The maximum absolute atomic E-state index is 12.3. The number of aryl methyl sites for hydroxylation is 3. The highest BCUT2D eigenvalue weighted by Gasteiger charge is 2.15. The largest absolute Gasteiger partial charge is 0.452 e. The summed E-state index contributed by atoms with van der Waals surface area (Å²) in [5, 5.41) is 2.76. The average Bonchev–Trinajstić information content (AvgIpc) is 2.57. The highest BCUT2D eigenvalue weighted by atomic mass is 16.5. The topological polar surface area (TPSA) is 58.6 Å². The highest BCUT2D eigenvalue weighted by molar-refractivity contribution is 5.94. The lowest BCUT2D eigenvalue weighted by atomic mass is 10.00. The van der Waals surface area contributed by atoms with Crippen LogP contribution in [0, 0.1) is 20.8 Å². The van der Waals surface area contributed by atoms with E-state index in [2.05, 4.69) is 5.32 Å². The van der Waals surface area contributed by atoms with Gasteiger partial charge in [0.15, 0.2) is 6.61 Å². The summed E-state index contributed by atoms with van der Waals surface area (Å²) in [6.07, 6.45) is 0. The Bertz CT molecular complexity index is 772. The molecule has 26 heavy (non-hydrogen) atoms. The number of carbonyl (C=O) groups is 2. The van der Waals surface area contributed by atoms with E-state index in [4.69, 9.17) is 4.74 Å². The number of carbonyl (C=O) groups excluding carboxylic acids is 2. The molecule has 138 valence electrons. The van der Waals surface area contributed by atoms with Gasteiger partial charge in [0.25, 0.3) is 5.91 Å². The predicted octanol–water partition coefficient (Wildman–Crippen LogP) is 3.15. The molecule has 0 aliphatic rings. The van der Waals surface area contributed by atoms with Gasteiger partial charge in [0.2, 0.25) is 0 Å². The van der Waals surface area contributed by atoms with Crippen molar-refractivity contribution in [3.05, 3.63) is 64.2 Å². The molecule has 2 aromatic rings. The number of amides is 1. The van der Waals surface area contributed by atoms with E-state index in [1.54, 1.807) is 0 Å². The van der Waals surface area contributed by atoms with Crippen LogP contribution in [0.25, 0.3) is 0 Å². The van der Waals surface area contributed by atoms with Crippen molar-refractivity contribution in [1.29, 1.82) is 0 Å². The summed E-state index contributed by atoms with van der Waals surface area (Å²) in [5.41, 5.74) is 5.42. The molecular formula is C21H26N2O3. The lowest BCUT2D eigenvalue weighted by molar-refractivity contribution is -0.124. The SMILES string of the molecule is Cc1cc(C)c(C(=O)OCC(=O)NCc2ccc(N(C)C)cc2)c(C)c1. The molecule has 2 aromatic carbocycles. The molecule has 5 nitrogen and oxygen atoms in total. The number of nitrogens with one attached hydrogen (secondary N) is 1. The van der Waals surface area contributed by atoms with Crippen LogP contribution in [-0.2, 0) is 16.1 Å². The van der Waals surface area contributed by atoms with Gasteiger partial charge < -0.3 is 15.0 Å².